The maximum Gasteiger partial charge on any atom is 0.319 e. The molecule has 0 unspecified atom stereocenters. The minimum absolute atomic E-state index is 0.274. The first-order chi connectivity index (χ1) is 11.5. The number of methoxy groups -OCH3 is 1. The van der Waals surface area contributed by atoms with Crippen molar-refractivity contribution in [3.8, 4) is 11.5 Å². The lowest BCUT2D eigenvalue weighted by Gasteiger charge is -2.14. The van der Waals surface area contributed by atoms with Gasteiger partial charge in [0.2, 0.25) is 0 Å². The van der Waals surface area contributed by atoms with Gasteiger partial charge < -0.3 is 20.1 Å². The van der Waals surface area contributed by atoms with E-state index in [9.17, 15) is 4.79 Å². The highest BCUT2D eigenvalue weighted by Crippen LogP contribution is 2.25. The molecular formula is C19H24N2O3. The first kappa shape index (κ1) is 17.7. The van der Waals surface area contributed by atoms with Crippen molar-refractivity contribution < 1.29 is 14.3 Å². The van der Waals surface area contributed by atoms with Crippen LogP contribution < -0.4 is 20.1 Å². The molecule has 2 aromatic carbocycles. The fourth-order valence-electron chi connectivity index (χ4n) is 2.34. The van der Waals surface area contributed by atoms with Gasteiger partial charge >= 0.3 is 6.03 Å². The summed E-state index contributed by atoms with van der Waals surface area (Å²) in [5, 5.41) is 5.54. The van der Waals surface area contributed by atoms with E-state index in [1.165, 1.54) is 5.56 Å². The maximum atomic E-state index is 11.9. The van der Waals surface area contributed by atoms with Gasteiger partial charge in [-0.15, -0.1) is 0 Å². The minimum Gasteiger partial charge on any atom is -0.497 e. The number of hydrogen-bond acceptors (Lipinski definition) is 3. The Balaban J connectivity index is 1.80. The molecule has 5 heteroatoms. The summed E-state index contributed by atoms with van der Waals surface area (Å²) in [6.07, 6.45) is 0. The molecule has 0 aliphatic rings. The van der Waals surface area contributed by atoms with Gasteiger partial charge in [0.15, 0.2) is 0 Å². The summed E-state index contributed by atoms with van der Waals surface area (Å²) in [4.78, 5) is 11.9. The Morgan fingerprint density at radius 2 is 1.83 bits per heavy atom. The van der Waals surface area contributed by atoms with Gasteiger partial charge in [0.05, 0.1) is 13.7 Å². The van der Waals surface area contributed by atoms with E-state index in [0.29, 0.717) is 24.6 Å². The maximum absolute atomic E-state index is 11.9. The molecule has 0 aliphatic carbocycles. The minimum atomic E-state index is -0.274. The number of carbonyl (C=O) groups is 1. The lowest BCUT2D eigenvalue weighted by molar-refractivity contribution is 0.247. The lowest BCUT2D eigenvalue weighted by Crippen LogP contribution is -2.32. The molecule has 2 aromatic rings. The zero-order valence-electron chi connectivity index (χ0n) is 14.6. The largest absolute Gasteiger partial charge is 0.497 e. The fraction of sp³-hybridized carbons (Fsp3) is 0.316. The molecule has 0 saturated carbocycles. The van der Waals surface area contributed by atoms with E-state index in [1.54, 1.807) is 19.2 Å². The predicted octanol–water partition coefficient (Wildman–Crippen LogP) is 3.82. The number of rotatable bonds is 6. The zero-order valence-corrected chi connectivity index (χ0v) is 14.6. The van der Waals surface area contributed by atoms with E-state index in [4.69, 9.17) is 9.47 Å². The van der Waals surface area contributed by atoms with Crippen molar-refractivity contribution in [1.29, 1.82) is 0 Å². The molecule has 0 heterocycles. The molecule has 0 atom stereocenters. The number of anilines is 1. The third-order valence-corrected chi connectivity index (χ3v) is 3.84. The van der Waals surface area contributed by atoms with Gasteiger partial charge in [-0.2, -0.15) is 0 Å². The topological polar surface area (TPSA) is 59.6 Å². The van der Waals surface area contributed by atoms with Gasteiger partial charge in [-0.1, -0.05) is 18.2 Å². The summed E-state index contributed by atoms with van der Waals surface area (Å²) in [5.41, 5.74) is 4.10. The zero-order chi connectivity index (χ0) is 17.5. The molecule has 0 aliphatic heterocycles. The van der Waals surface area contributed by atoms with Crippen LogP contribution in [0.5, 0.6) is 11.5 Å². The summed E-state index contributed by atoms with van der Waals surface area (Å²) in [6, 6.07) is 11.1. The second-order valence-corrected chi connectivity index (χ2v) is 5.61. The van der Waals surface area contributed by atoms with Gasteiger partial charge in [0, 0.05) is 11.8 Å². The highest BCUT2D eigenvalue weighted by atomic mass is 16.5. The second-order valence-electron chi connectivity index (χ2n) is 5.61. The van der Waals surface area contributed by atoms with Crippen LogP contribution in [0.25, 0.3) is 0 Å². The summed E-state index contributed by atoms with van der Waals surface area (Å²) in [7, 11) is 1.59. The first-order valence-electron chi connectivity index (χ1n) is 7.89. The van der Waals surface area contributed by atoms with E-state index in [-0.39, 0.29) is 6.03 Å². The number of benzene rings is 2. The average Bonchev–Trinajstić information content (AvgIpc) is 2.58. The summed E-state index contributed by atoms with van der Waals surface area (Å²) >= 11 is 0. The average molecular weight is 328 g/mol. The van der Waals surface area contributed by atoms with Crippen molar-refractivity contribution in [3.05, 3.63) is 53.1 Å². The molecule has 5 nitrogen and oxygen atoms in total. The lowest BCUT2D eigenvalue weighted by atomic mass is 10.1. The smallest absolute Gasteiger partial charge is 0.319 e. The Morgan fingerprint density at radius 1 is 1.08 bits per heavy atom. The quantitative estimate of drug-likeness (QED) is 0.793. The number of hydrogen-bond donors (Lipinski definition) is 2. The Bertz CT molecular complexity index is 714. The molecule has 0 bridgehead atoms. The first-order valence-corrected chi connectivity index (χ1v) is 7.89. The fourth-order valence-corrected chi connectivity index (χ4v) is 2.34. The molecule has 0 spiro atoms. The normalized spacial score (nSPS) is 10.2. The van der Waals surface area contributed by atoms with Crippen LogP contribution in [0.15, 0.2) is 36.4 Å². The monoisotopic (exact) mass is 328 g/mol. The van der Waals surface area contributed by atoms with Crippen LogP contribution in [0, 0.1) is 20.8 Å². The van der Waals surface area contributed by atoms with E-state index >= 15 is 0 Å². The molecule has 128 valence electrons. The van der Waals surface area contributed by atoms with Crippen molar-refractivity contribution in [2.75, 3.05) is 25.6 Å². The Labute approximate surface area is 143 Å². The number of ether oxygens (including phenoxy) is 2. The molecule has 2 N–H and O–H groups in total. The molecule has 2 rings (SSSR count). The van der Waals surface area contributed by atoms with E-state index < -0.39 is 0 Å². The highest BCUT2D eigenvalue weighted by molar-refractivity contribution is 5.89. The van der Waals surface area contributed by atoms with Crippen molar-refractivity contribution in [2.45, 2.75) is 20.8 Å². The molecule has 0 radical (unpaired) electrons. The number of amides is 2. The van der Waals surface area contributed by atoms with Crippen molar-refractivity contribution in [2.24, 2.45) is 0 Å². The molecule has 0 saturated heterocycles. The van der Waals surface area contributed by atoms with E-state index in [1.807, 2.05) is 32.0 Å². The second kappa shape index (κ2) is 8.24. The van der Waals surface area contributed by atoms with E-state index in [2.05, 4.69) is 23.6 Å². The van der Waals surface area contributed by atoms with Crippen LogP contribution in [0.4, 0.5) is 10.5 Å². The van der Waals surface area contributed by atoms with Crippen molar-refractivity contribution >= 4 is 11.7 Å². The van der Waals surface area contributed by atoms with Crippen LogP contribution in [0.3, 0.4) is 0 Å². The standard InChI is InChI=1S/C19H24N2O3/c1-13-8-9-14(2)18(15(13)3)24-11-10-20-19(22)21-16-6-5-7-17(12-16)23-4/h5-9,12H,10-11H2,1-4H3,(H2,20,21,22). The van der Waals surface area contributed by atoms with E-state index in [0.717, 1.165) is 16.9 Å². The summed E-state index contributed by atoms with van der Waals surface area (Å²) < 4.78 is 10.9. The van der Waals surface area contributed by atoms with Gasteiger partial charge in [0.25, 0.3) is 0 Å². The number of carbonyl (C=O) groups excluding carboxylic acids is 1. The number of urea groups is 1. The third-order valence-electron chi connectivity index (χ3n) is 3.84. The Morgan fingerprint density at radius 3 is 2.58 bits per heavy atom. The van der Waals surface area contributed by atoms with Crippen molar-refractivity contribution in [3.63, 3.8) is 0 Å². The van der Waals surface area contributed by atoms with Crippen LogP contribution in [-0.4, -0.2) is 26.3 Å². The molecule has 24 heavy (non-hydrogen) atoms. The van der Waals surface area contributed by atoms with Crippen molar-refractivity contribution in [1.82, 2.24) is 5.32 Å². The number of nitrogens with one attached hydrogen (secondary N) is 2. The number of aryl methyl sites for hydroxylation is 2. The third kappa shape index (κ3) is 4.65. The van der Waals surface area contributed by atoms with Gasteiger partial charge in [-0.05, 0) is 49.6 Å². The van der Waals surface area contributed by atoms with Crippen LogP contribution in [0.2, 0.25) is 0 Å². The Hall–Kier alpha value is -2.69. The molecule has 0 fully saturated rings. The molecule has 2 amide bonds. The van der Waals surface area contributed by atoms with Crippen LogP contribution in [0.1, 0.15) is 16.7 Å². The van der Waals surface area contributed by atoms with Gasteiger partial charge in [0.1, 0.15) is 18.1 Å². The Kier molecular flexibility index (Phi) is 6.07. The SMILES string of the molecule is COc1cccc(NC(=O)NCCOc2c(C)ccc(C)c2C)c1. The van der Waals surface area contributed by atoms with Gasteiger partial charge in [-0.25, -0.2) is 4.79 Å². The summed E-state index contributed by atoms with van der Waals surface area (Å²) in [6.45, 7) is 6.95. The molecule has 0 aromatic heterocycles. The predicted molar refractivity (Wildman–Crippen MR) is 96.2 cm³/mol. The van der Waals surface area contributed by atoms with Crippen LogP contribution in [-0.2, 0) is 0 Å². The highest BCUT2D eigenvalue weighted by Gasteiger charge is 2.07. The summed E-state index contributed by atoms with van der Waals surface area (Å²) in [5.74, 6) is 1.59. The van der Waals surface area contributed by atoms with Gasteiger partial charge in [-0.3, -0.25) is 0 Å². The molecular weight excluding hydrogens is 304 g/mol. The van der Waals surface area contributed by atoms with Crippen LogP contribution >= 0.6 is 0 Å².